The van der Waals surface area contributed by atoms with Crippen molar-refractivity contribution in [3.63, 3.8) is 0 Å². The Hall–Kier alpha value is -1.02. The van der Waals surface area contributed by atoms with Gasteiger partial charge in [-0.05, 0) is 47.2 Å². The lowest BCUT2D eigenvalue weighted by Gasteiger charge is -2.15. The van der Waals surface area contributed by atoms with Crippen molar-refractivity contribution < 1.29 is 0 Å². The van der Waals surface area contributed by atoms with Crippen LogP contribution in [0.15, 0.2) is 54.6 Å². The van der Waals surface area contributed by atoms with Crippen LogP contribution in [0.3, 0.4) is 0 Å². The van der Waals surface area contributed by atoms with E-state index in [1.54, 1.807) is 0 Å². The Morgan fingerprint density at radius 1 is 0.905 bits per heavy atom. The molecule has 0 bridgehead atoms. The second kappa shape index (κ2) is 6.00. The van der Waals surface area contributed by atoms with E-state index in [0.29, 0.717) is 0 Å². The molecule has 0 radical (unpaired) electrons. The van der Waals surface area contributed by atoms with Gasteiger partial charge in [-0.3, -0.25) is 0 Å². The van der Waals surface area contributed by atoms with Crippen LogP contribution < -0.4 is 0 Å². The molecule has 3 aromatic rings. The van der Waals surface area contributed by atoms with Gasteiger partial charge in [-0.2, -0.15) is 0 Å². The summed E-state index contributed by atoms with van der Waals surface area (Å²) in [5.41, 5.74) is 3.49. The van der Waals surface area contributed by atoms with Gasteiger partial charge in [0.15, 0.2) is 0 Å². The number of fused-ring (bicyclic) bond motifs is 1. The maximum Gasteiger partial charge on any atom is 0.0651 e. The van der Waals surface area contributed by atoms with Gasteiger partial charge in [0.2, 0.25) is 0 Å². The third kappa shape index (κ3) is 2.96. The van der Waals surface area contributed by atoms with Gasteiger partial charge < -0.3 is 0 Å². The van der Waals surface area contributed by atoms with Crippen molar-refractivity contribution in [3.05, 3.63) is 81.3 Å². The molecule has 3 aromatic carbocycles. The predicted molar refractivity (Wildman–Crippen MR) is 95.9 cm³/mol. The summed E-state index contributed by atoms with van der Waals surface area (Å²) < 4.78 is 0. The summed E-state index contributed by atoms with van der Waals surface area (Å²) in [5, 5.41) is 3.76. The average molecular weight is 380 g/mol. The SMILES string of the molecule is Cc1cc(Cl)cc(C(Br)c2ccc(Cl)c3ccccc23)c1. The van der Waals surface area contributed by atoms with Crippen molar-refractivity contribution in [3.8, 4) is 0 Å². The van der Waals surface area contributed by atoms with E-state index in [4.69, 9.17) is 23.2 Å². The quantitative estimate of drug-likeness (QED) is 0.423. The molecule has 0 fully saturated rings. The highest BCUT2D eigenvalue weighted by atomic mass is 79.9. The van der Waals surface area contributed by atoms with Crippen molar-refractivity contribution in [1.82, 2.24) is 0 Å². The van der Waals surface area contributed by atoms with Crippen molar-refractivity contribution in [2.45, 2.75) is 11.8 Å². The molecule has 0 heterocycles. The molecule has 1 atom stereocenters. The molecule has 106 valence electrons. The minimum Gasteiger partial charge on any atom is -0.0843 e. The zero-order valence-corrected chi connectivity index (χ0v) is 14.5. The van der Waals surface area contributed by atoms with Crippen LogP contribution in [0.4, 0.5) is 0 Å². The normalized spacial score (nSPS) is 12.6. The molecule has 0 aliphatic carbocycles. The summed E-state index contributed by atoms with van der Waals surface area (Å²) in [6.07, 6.45) is 0. The first-order chi connectivity index (χ1) is 10.1. The lowest BCUT2D eigenvalue weighted by atomic mass is 9.97. The molecule has 0 aliphatic heterocycles. The van der Waals surface area contributed by atoms with Gasteiger partial charge in [-0.15, -0.1) is 0 Å². The molecule has 0 N–H and O–H groups in total. The van der Waals surface area contributed by atoms with Gasteiger partial charge in [-0.1, -0.05) is 75.5 Å². The summed E-state index contributed by atoms with van der Waals surface area (Å²) >= 11 is 16.3. The summed E-state index contributed by atoms with van der Waals surface area (Å²) in [4.78, 5) is 0.0806. The van der Waals surface area contributed by atoms with Gasteiger partial charge in [0.05, 0.1) is 4.83 Å². The lowest BCUT2D eigenvalue weighted by molar-refractivity contribution is 1.19. The molecule has 0 saturated heterocycles. The summed E-state index contributed by atoms with van der Waals surface area (Å²) in [5.74, 6) is 0. The van der Waals surface area contributed by atoms with E-state index in [1.807, 2.05) is 36.4 Å². The first-order valence-corrected chi connectivity index (χ1v) is 8.32. The van der Waals surface area contributed by atoms with Crippen LogP contribution in [0, 0.1) is 6.92 Å². The smallest absolute Gasteiger partial charge is 0.0651 e. The van der Waals surface area contributed by atoms with Crippen LogP contribution in [0.1, 0.15) is 21.5 Å². The Labute approximate surface area is 142 Å². The van der Waals surface area contributed by atoms with Crippen LogP contribution in [0.25, 0.3) is 10.8 Å². The molecule has 0 saturated carbocycles. The molecular formula is C18H13BrCl2. The standard InChI is InChI=1S/C18H13BrCl2/c1-11-8-12(10-13(20)9-11)18(19)16-6-7-17(21)15-5-3-2-4-14(15)16/h2-10,18H,1H3. The van der Waals surface area contributed by atoms with E-state index in [-0.39, 0.29) is 4.83 Å². The third-order valence-corrected chi connectivity index (χ3v) is 5.10. The number of rotatable bonds is 2. The van der Waals surface area contributed by atoms with Crippen molar-refractivity contribution in [2.24, 2.45) is 0 Å². The monoisotopic (exact) mass is 378 g/mol. The number of hydrogen-bond donors (Lipinski definition) is 0. The van der Waals surface area contributed by atoms with Crippen LogP contribution in [-0.4, -0.2) is 0 Å². The topological polar surface area (TPSA) is 0 Å². The van der Waals surface area contributed by atoms with Crippen LogP contribution >= 0.6 is 39.1 Å². The summed E-state index contributed by atoms with van der Waals surface area (Å²) in [6.45, 7) is 2.05. The highest BCUT2D eigenvalue weighted by Gasteiger charge is 2.15. The van der Waals surface area contributed by atoms with E-state index in [1.165, 1.54) is 5.56 Å². The van der Waals surface area contributed by atoms with E-state index >= 15 is 0 Å². The zero-order valence-electron chi connectivity index (χ0n) is 11.4. The molecule has 0 aliphatic rings. The molecule has 3 rings (SSSR count). The third-order valence-electron chi connectivity index (χ3n) is 3.53. The molecular weight excluding hydrogens is 367 g/mol. The van der Waals surface area contributed by atoms with E-state index in [0.717, 1.165) is 31.9 Å². The number of benzene rings is 3. The number of alkyl halides is 1. The molecule has 0 aromatic heterocycles. The van der Waals surface area contributed by atoms with Gasteiger partial charge in [0.25, 0.3) is 0 Å². The van der Waals surface area contributed by atoms with Crippen LogP contribution in [-0.2, 0) is 0 Å². The van der Waals surface area contributed by atoms with Crippen molar-refractivity contribution >= 4 is 49.9 Å². The minimum atomic E-state index is 0.0806. The fourth-order valence-electron chi connectivity index (χ4n) is 2.60. The maximum atomic E-state index is 6.29. The van der Waals surface area contributed by atoms with Crippen molar-refractivity contribution in [2.75, 3.05) is 0 Å². The summed E-state index contributed by atoms with van der Waals surface area (Å²) in [7, 11) is 0. The Balaban J connectivity index is 2.18. The Kier molecular flexibility index (Phi) is 4.26. The largest absolute Gasteiger partial charge is 0.0843 e. The van der Waals surface area contributed by atoms with E-state index < -0.39 is 0 Å². The average Bonchev–Trinajstić information content (AvgIpc) is 2.46. The first-order valence-electron chi connectivity index (χ1n) is 6.64. The fourth-order valence-corrected chi connectivity index (χ4v) is 3.79. The molecule has 0 spiro atoms. The highest BCUT2D eigenvalue weighted by molar-refractivity contribution is 9.09. The molecule has 0 nitrogen and oxygen atoms in total. The molecule has 1 unspecified atom stereocenters. The number of halogens is 3. The molecule has 21 heavy (non-hydrogen) atoms. The first kappa shape index (κ1) is 14.9. The Morgan fingerprint density at radius 2 is 1.62 bits per heavy atom. The zero-order chi connectivity index (χ0) is 15.0. The summed E-state index contributed by atoms with van der Waals surface area (Å²) in [6, 6.07) is 18.3. The highest BCUT2D eigenvalue weighted by Crippen LogP contribution is 2.38. The fraction of sp³-hybridized carbons (Fsp3) is 0.111. The van der Waals surface area contributed by atoms with E-state index in [2.05, 4.69) is 41.1 Å². The Morgan fingerprint density at radius 3 is 2.33 bits per heavy atom. The van der Waals surface area contributed by atoms with Crippen LogP contribution in [0.5, 0.6) is 0 Å². The maximum absolute atomic E-state index is 6.29. The number of aryl methyl sites for hydroxylation is 1. The predicted octanol–water partition coefficient (Wildman–Crippen LogP) is 6.94. The second-order valence-corrected chi connectivity index (χ2v) is 6.87. The minimum absolute atomic E-state index is 0.0806. The van der Waals surface area contributed by atoms with Crippen molar-refractivity contribution in [1.29, 1.82) is 0 Å². The van der Waals surface area contributed by atoms with Gasteiger partial charge in [-0.25, -0.2) is 0 Å². The van der Waals surface area contributed by atoms with E-state index in [9.17, 15) is 0 Å². The molecule has 0 amide bonds. The van der Waals surface area contributed by atoms with Gasteiger partial charge in [0.1, 0.15) is 0 Å². The second-order valence-electron chi connectivity index (χ2n) is 5.11. The Bertz CT molecular complexity index is 791. The molecule has 3 heteroatoms. The van der Waals surface area contributed by atoms with Gasteiger partial charge in [0, 0.05) is 15.4 Å². The van der Waals surface area contributed by atoms with Gasteiger partial charge >= 0.3 is 0 Å². The van der Waals surface area contributed by atoms with Crippen LogP contribution in [0.2, 0.25) is 10.0 Å². The number of hydrogen-bond acceptors (Lipinski definition) is 0. The lowest BCUT2D eigenvalue weighted by Crippen LogP contribution is -1.95.